The molecule has 0 saturated carbocycles. The molecule has 2 aromatic carbocycles. The summed E-state index contributed by atoms with van der Waals surface area (Å²) in [7, 11) is 1.64. The lowest BCUT2D eigenvalue weighted by molar-refractivity contribution is 0.0657. The molecule has 0 bridgehead atoms. The molecule has 0 fully saturated rings. The van der Waals surface area contributed by atoms with Gasteiger partial charge >= 0.3 is 0 Å². The van der Waals surface area contributed by atoms with Crippen LogP contribution in [-0.2, 0) is 6.42 Å². The van der Waals surface area contributed by atoms with Crippen molar-refractivity contribution in [2.45, 2.75) is 6.42 Å². The second kappa shape index (κ2) is 10.2. The van der Waals surface area contributed by atoms with Crippen LogP contribution in [0.5, 0.6) is 0 Å². The summed E-state index contributed by atoms with van der Waals surface area (Å²) in [4.78, 5) is 30.0. The molecular weight excluding hydrogens is 474 g/mol. The Balaban J connectivity index is 0.00000280. The van der Waals surface area contributed by atoms with Gasteiger partial charge in [-0.15, -0.1) is 24.0 Å². The minimum atomic E-state index is -0.272. The van der Waals surface area contributed by atoms with Crippen molar-refractivity contribution >= 4 is 41.8 Å². The van der Waals surface area contributed by atoms with Gasteiger partial charge in [-0.05, 0) is 36.2 Å². The van der Waals surface area contributed by atoms with Crippen LogP contribution in [-0.4, -0.2) is 49.4 Å². The number of amides is 2. The number of rotatable bonds is 6. The van der Waals surface area contributed by atoms with Gasteiger partial charge in [-0.3, -0.25) is 19.5 Å². The molecule has 2 N–H and O–H groups in total. The number of carbonyl (C=O) groups excluding carboxylic acids is 2. The molecule has 8 heteroatoms. The number of benzene rings is 2. The van der Waals surface area contributed by atoms with Crippen LogP contribution in [0.3, 0.4) is 0 Å². The van der Waals surface area contributed by atoms with E-state index in [9.17, 15) is 14.0 Å². The van der Waals surface area contributed by atoms with Crippen molar-refractivity contribution < 1.29 is 14.0 Å². The average Bonchev–Trinajstić information content (AvgIpc) is 2.92. The fourth-order valence-electron chi connectivity index (χ4n) is 2.97. The van der Waals surface area contributed by atoms with Gasteiger partial charge in [-0.2, -0.15) is 0 Å². The highest BCUT2D eigenvalue weighted by atomic mass is 127. The van der Waals surface area contributed by atoms with Crippen molar-refractivity contribution in [3.63, 3.8) is 0 Å². The summed E-state index contributed by atoms with van der Waals surface area (Å²) in [5.74, 6) is -0.239. The zero-order valence-electron chi connectivity index (χ0n) is 15.4. The lowest BCUT2D eigenvalue weighted by atomic mass is 10.1. The number of halogens is 2. The second-order valence-corrected chi connectivity index (χ2v) is 6.11. The molecule has 0 unspecified atom stereocenters. The highest BCUT2D eigenvalue weighted by molar-refractivity contribution is 14.0. The Morgan fingerprint density at radius 2 is 1.64 bits per heavy atom. The Labute approximate surface area is 180 Å². The second-order valence-electron chi connectivity index (χ2n) is 6.11. The summed E-state index contributed by atoms with van der Waals surface area (Å²) in [6.45, 7) is 1.21. The molecular formula is C20H22FIN4O2. The van der Waals surface area contributed by atoms with Gasteiger partial charge < -0.3 is 10.6 Å². The first kappa shape index (κ1) is 21.8. The Hall–Kier alpha value is -2.49. The third-order valence-corrected chi connectivity index (χ3v) is 4.32. The highest BCUT2D eigenvalue weighted by Crippen LogP contribution is 2.21. The number of imide groups is 1. The lowest BCUT2D eigenvalue weighted by Gasteiger charge is -2.16. The predicted octanol–water partition coefficient (Wildman–Crippen LogP) is 2.45. The van der Waals surface area contributed by atoms with Crippen molar-refractivity contribution in [3.8, 4) is 0 Å². The molecule has 0 aliphatic carbocycles. The molecule has 0 saturated heterocycles. The molecule has 1 aliphatic rings. The number of carbonyl (C=O) groups is 2. The number of nitrogens with zero attached hydrogens (tertiary/aromatic N) is 2. The normalized spacial score (nSPS) is 13.2. The number of guanidine groups is 1. The van der Waals surface area contributed by atoms with Gasteiger partial charge in [-0.25, -0.2) is 4.39 Å². The fraction of sp³-hybridized carbons (Fsp3) is 0.250. The quantitative estimate of drug-likeness (QED) is 0.279. The molecule has 0 aromatic heterocycles. The molecule has 1 heterocycles. The van der Waals surface area contributed by atoms with E-state index in [0.717, 1.165) is 5.56 Å². The summed E-state index contributed by atoms with van der Waals surface area (Å²) in [5, 5.41) is 6.21. The van der Waals surface area contributed by atoms with E-state index in [4.69, 9.17) is 0 Å². The van der Waals surface area contributed by atoms with Crippen LogP contribution < -0.4 is 10.6 Å². The summed E-state index contributed by atoms with van der Waals surface area (Å²) < 4.78 is 13.2. The summed E-state index contributed by atoms with van der Waals surface area (Å²) in [6, 6.07) is 13.3. The molecule has 2 aromatic rings. The Morgan fingerprint density at radius 1 is 1.00 bits per heavy atom. The zero-order valence-corrected chi connectivity index (χ0v) is 17.8. The summed E-state index contributed by atoms with van der Waals surface area (Å²) in [6.07, 6.45) is 0.650. The monoisotopic (exact) mass is 496 g/mol. The topological polar surface area (TPSA) is 73.8 Å². The van der Waals surface area contributed by atoms with Gasteiger partial charge in [0, 0.05) is 26.7 Å². The van der Waals surface area contributed by atoms with Gasteiger partial charge in [0.2, 0.25) is 0 Å². The molecule has 148 valence electrons. The maximum absolute atomic E-state index is 13.2. The molecule has 0 spiro atoms. The Kier molecular flexibility index (Phi) is 7.91. The molecule has 1 aliphatic heterocycles. The third-order valence-electron chi connectivity index (χ3n) is 4.32. The number of hydrogen-bond acceptors (Lipinski definition) is 3. The number of fused-ring (bicyclic) bond motifs is 1. The van der Waals surface area contributed by atoms with Crippen LogP contribution in [0.25, 0.3) is 0 Å². The minimum Gasteiger partial charge on any atom is -0.356 e. The maximum atomic E-state index is 13.2. The van der Waals surface area contributed by atoms with Crippen LogP contribution in [0.1, 0.15) is 26.3 Å². The van der Waals surface area contributed by atoms with Crippen LogP contribution in [0.4, 0.5) is 4.39 Å². The first-order valence-electron chi connectivity index (χ1n) is 8.74. The van der Waals surface area contributed by atoms with E-state index in [1.165, 1.54) is 17.0 Å². The van der Waals surface area contributed by atoms with Crippen molar-refractivity contribution in [3.05, 3.63) is 71.0 Å². The largest absolute Gasteiger partial charge is 0.356 e. The summed E-state index contributed by atoms with van der Waals surface area (Å²) >= 11 is 0. The van der Waals surface area contributed by atoms with Crippen molar-refractivity contribution in [2.75, 3.05) is 26.7 Å². The van der Waals surface area contributed by atoms with E-state index in [1.54, 1.807) is 37.4 Å². The fourth-order valence-corrected chi connectivity index (χ4v) is 2.97. The van der Waals surface area contributed by atoms with Gasteiger partial charge in [0.1, 0.15) is 5.82 Å². The van der Waals surface area contributed by atoms with Crippen molar-refractivity contribution in [1.82, 2.24) is 15.5 Å². The number of aliphatic imine (C=N–C) groups is 1. The maximum Gasteiger partial charge on any atom is 0.261 e. The van der Waals surface area contributed by atoms with E-state index in [2.05, 4.69) is 15.6 Å². The van der Waals surface area contributed by atoms with E-state index in [-0.39, 0.29) is 48.2 Å². The van der Waals surface area contributed by atoms with Crippen LogP contribution >= 0.6 is 24.0 Å². The highest BCUT2D eigenvalue weighted by Gasteiger charge is 2.34. The molecule has 0 radical (unpaired) electrons. The Morgan fingerprint density at radius 3 is 2.25 bits per heavy atom. The average molecular weight is 496 g/mol. The molecule has 0 atom stereocenters. The predicted molar refractivity (Wildman–Crippen MR) is 117 cm³/mol. The van der Waals surface area contributed by atoms with Crippen LogP contribution in [0.2, 0.25) is 0 Å². The van der Waals surface area contributed by atoms with Gasteiger partial charge in [0.25, 0.3) is 11.8 Å². The SMILES string of the molecule is CN=C(NCCc1cccc(F)c1)NCCN1C(=O)c2ccccc2C1=O.I. The molecule has 2 amide bonds. The van der Waals surface area contributed by atoms with Gasteiger partial charge in [0.05, 0.1) is 11.1 Å². The first-order chi connectivity index (χ1) is 13.1. The first-order valence-corrected chi connectivity index (χ1v) is 8.74. The smallest absolute Gasteiger partial charge is 0.261 e. The standard InChI is InChI=1S/C20H21FN4O2.HI/c1-22-20(23-10-9-14-5-4-6-15(21)13-14)24-11-12-25-18(26)16-7-2-3-8-17(16)19(25)27;/h2-8,13H,9-12H2,1H3,(H2,22,23,24);1H. The van der Waals surface area contributed by atoms with Crippen molar-refractivity contribution in [1.29, 1.82) is 0 Å². The summed E-state index contributed by atoms with van der Waals surface area (Å²) in [5.41, 5.74) is 1.78. The van der Waals surface area contributed by atoms with E-state index in [0.29, 0.717) is 36.6 Å². The van der Waals surface area contributed by atoms with E-state index in [1.807, 2.05) is 6.07 Å². The van der Waals surface area contributed by atoms with Crippen LogP contribution in [0, 0.1) is 5.82 Å². The zero-order chi connectivity index (χ0) is 19.2. The lowest BCUT2D eigenvalue weighted by Crippen LogP contribution is -2.43. The van der Waals surface area contributed by atoms with Crippen molar-refractivity contribution in [2.24, 2.45) is 4.99 Å². The third kappa shape index (κ3) is 5.06. The van der Waals surface area contributed by atoms with Gasteiger partial charge in [-0.1, -0.05) is 24.3 Å². The number of hydrogen-bond donors (Lipinski definition) is 2. The van der Waals surface area contributed by atoms with Gasteiger partial charge in [0.15, 0.2) is 5.96 Å². The van der Waals surface area contributed by atoms with E-state index < -0.39 is 0 Å². The minimum absolute atomic E-state index is 0. The Bertz CT molecular complexity index is 853. The molecule has 28 heavy (non-hydrogen) atoms. The number of nitrogens with one attached hydrogen (secondary N) is 2. The molecule has 6 nitrogen and oxygen atoms in total. The molecule has 3 rings (SSSR count). The van der Waals surface area contributed by atoms with Crippen LogP contribution in [0.15, 0.2) is 53.5 Å². The van der Waals surface area contributed by atoms with E-state index >= 15 is 0 Å².